The van der Waals surface area contributed by atoms with Crippen molar-refractivity contribution >= 4 is 11.9 Å². The molecule has 2 aromatic rings. The van der Waals surface area contributed by atoms with Gasteiger partial charge in [-0.15, -0.1) is 5.10 Å². The van der Waals surface area contributed by atoms with Crippen LogP contribution in [0.2, 0.25) is 0 Å². The van der Waals surface area contributed by atoms with Gasteiger partial charge >= 0.3 is 5.97 Å². The van der Waals surface area contributed by atoms with Crippen LogP contribution < -0.4 is 10.1 Å². The summed E-state index contributed by atoms with van der Waals surface area (Å²) in [6.45, 7) is 1.71. The van der Waals surface area contributed by atoms with Crippen LogP contribution in [0.15, 0.2) is 24.3 Å². The minimum Gasteiger partial charge on any atom is -0.497 e. The highest BCUT2D eigenvalue weighted by Gasteiger charge is 2.38. The molecule has 1 saturated carbocycles. The molecule has 1 aromatic heterocycles. The monoisotopic (exact) mass is 330 g/mol. The zero-order chi connectivity index (χ0) is 17.3. The number of hydrogen-bond donors (Lipinski definition) is 2. The zero-order valence-electron chi connectivity index (χ0n) is 13.4. The fraction of sp³-hybridized carbons (Fsp3) is 0.375. The molecular formula is C16H18N4O4. The van der Waals surface area contributed by atoms with Gasteiger partial charge in [0, 0.05) is 0 Å². The third kappa shape index (κ3) is 3.08. The number of carboxylic acids is 1. The number of carboxylic acid groups (broad SMARTS) is 1. The lowest BCUT2D eigenvalue weighted by molar-refractivity contribution is -0.139. The maximum atomic E-state index is 12.3. The van der Waals surface area contributed by atoms with Crippen LogP contribution in [0.25, 0.3) is 5.69 Å². The van der Waals surface area contributed by atoms with E-state index in [1.807, 2.05) is 0 Å². The van der Waals surface area contributed by atoms with Crippen molar-refractivity contribution in [3.63, 3.8) is 0 Å². The molecule has 3 rings (SSSR count). The summed E-state index contributed by atoms with van der Waals surface area (Å²) in [5, 5.41) is 19.7. The maximum Gasteiger partial charge on any atom is 0.326 e. The topological polar surface area (TPSA) is 106 Å². The first-order valence-electron chi connectivity index (χ1n) is 7.61. The van der Waals surface area contributed by atoms with Gasteiger partial charge in [-0.2, -0.15) is 0 Å². The number of aliphatic carboxylic acids is 1. The molecule has 1 fully saturated rings. The van der Waals surface area contributed by atoms with Crippen LogP contribution in [0.5, 0.6) is 5.75 Å². The lowest BCUT2D eigenvalue weighted by atomic mass is 10.2. The highest BCUT2D eigenvalue weighted by atomic mass is 16.5. The van der Waals surface area contributed by atoms with E-state index in [0.29, 0.717) is 11.4 Å². The molecule has 0 saturated heterocycles. The molecule has 0 aliphatic heterocycles. The predicted octanol–water partition coefficient (Wildman–Crippen LogP) is 1.18. The number of carbonyl (C=O) groups excluding carboxylic acids is 1. The Morgan fingerprint density at radius 1 is 1.33 bits per heavy atom. The van der Waals surface area contributed by atoms with Crippen molar-refractivity contribution in [2.75, 3.05) is 7.11 Å². The summed E-state index contributed by atoms with van der Waals surface area (Å²) in [7, 11) is 1.58. The quantitative estimate of drug-likeness (QED) is 0.824. The molecule has 8 nitrogen and oxygen atoms in total. The molecule has 0 bridgehead atoms. The molecule has 1 atom stereocenters. The van der Waals surface area contributed by atoms with E-state index >= 15 is 0 Å². The Kier molecular flexibility index (Phi) is 4.20. The van der Waals surface area contributed by atoms with Crippen LogP contribution >= 0.6 is 0 Å². The van der Waals surface area contributed by atoms with E-state index in [4.69, 9.17) is 4.74 Å². The molecule has 2 N–H and O–H groups in total. The average Bonchev–Trinajstić information content (AvgIpc) is 3.34. The largest absolute Gasteiger partial charge is 0.497 e. The van der Waals surface area contributed by atoms with Crippen molar-refractivity contribution in [1.29, 1.82) is 0 Å². The van der Waals surface area contributed by atoms with Gasteiger partial charge in [-0.25, -0.2) is 9.48 Å². The highest BCUT2D eigenvalue weighted by molar-refractivity contribution is 5.96. The van der Waals surface area contributed by atoms with Crippen molar-refractivity contribution in [1.82, 2.24) is 20.3 Å². The summed E-state index contributed by atoms with van der Waals surface area (Å²) in [6, 6.07) is 6.29. The molecule has 126 valence electrons. The minimum absolute atomic E-state index is 0.00314. The number of nitrogens with zero attached hydrogens (tertiary/aromatic N) is 3. The van der Waals surface area contributed by atoms with Crippen LogP contribution in [0, 0.1) is 12.8 Å². The Bertz CT molecular complexity index is 765. The molecule has 0 spiro atoms. The minimum atomic E-state index is -1.02. The molecule has 1 aromatic carbocycles. The molecule has 1 unspecified atom stereocenters. The number of benzene rings is 1. The van der Waals surface area contributed by atoms with Crippen LogP contribution in [0.3, 0.4) is 0 Å². The van der Waals surface area contributed by atoms with Gasteiger partial charge in [-0.05, 0) is 49.9 Å². The van der Waals surface area contributed by atoms with Crippen molar-refractivity contribution in [3.8, 4) is 11.4 Å². The number of ether oxygens (including phenoxy) is 1. The second-order valence-corrected chi connectivity index (χ2v) is 5.76. The SMILES string of the molecule is COc1ccc(-n2nnc(C(=O)NC(C(=O)O)C3CC3)c2C)cc1. The molecule has 24 heavy (non-hydrogen) atoms. The molecule has 1 amide bonds. The Balaban J connectivity index is 1.80. The lowest BCUT2D eigenvalue weighted by Crippen LogP contribution is -2.42. The van der Waals surface area contributed by atoms with Gasteiger partial charge in [0.2, 0.25) is 0 Å². The van der Waals surface area contributed by atoms with Crippen molar-refractivity contribution < 1.29 is 19.4 Å². The molecule has 1 aliphatic carbocycles. The summed E-state index contributed by atoms with van der Waals surface area (Å²) in [4.78, 5) is 23.6. The Hall–Kier alpha value is -2.90. The Morgan fingerprint density at radius 2 is 2.00 bits per heavy atom. The van der Waals surface area contributed by atoms with E-state index in [1.54, 1.807) is 38.3 Å². The Morgan fingerprint density at radius 3 is 2.54 bits per heavy atom. The fourth-order valence-electron chi connectivity index (χ4n) is 2.53. The smallest absolute Gasteiger partial charge is 0.326 e. The fourth-order valence-corrected chi connectivity index (χ4v) is 2.53. The Labute approximate surface area is 138 Å². The normalized spacial score (nSPS) is 14.9. The molecule has 0 radical (unpaired) electrons. The van der Waals surface area contributed by atoms with Crippen molar-refractivity contribution in [2.45, 2.75) is 25.8 Å². The first-order valence-corrected chi connectivity index (χ1v) is 7.61. The average molecular weight is 330 g/mol. The number of amides is 1. The molecule has 1 heterocycles. The number of nitrogens with one attached hydrogen (secondary N) is 1. The number of aromatic nitrogens is 3. The van der Waals surface area contributed by atoms with Crippen molar-refractivity contribution in [3.05, 3.63) is 35.7 Å². The molecule has 1 aliphatic rings. The van der Waals surface area contributed by atoms with Gasteiger partial charge in [0.25, 0.3) is 5.91 Å². The summed E-state index contributed by atoms with van der Waals surface area (Å²) < 4.78 is 6.64. The number of rotatable bonds is 6. The third-order valence-electron chi connectivity index (χ3n) is 4.07. The number of carbonyl (C=O) groups is 2. The van der Waals surface area contributed by atoms with E-state index < -0.39 is 17.9 Å². The van der Waals surface area contributed by atoms with Gasteiger partial charge in [0.15, 0.2) is 5.69 Å². The van der Waals surface area contributed by atoms with E-state index in [9.17, 15) is 14.7 Å². The lowest BCUT2D eigenvalue weighted by Gasteiger charge is -2.12. The zero-order valence-corrected chi connectivity index (χ0v) is 13.4. The van der Waals surface area contributed by atoms with Gasteiger partial charge in [-0.1, -0.05) is 5.21 Å². The number of methoxy groups -OCH3 is 1. The first kappa shape index (κ1) is 16.0. The van der Waals surface area contributed by atoms with Gasteiger partial charge in [0.05, 0.1) is 18.5 Å². The second-order valence-electron chi connectivity index (χ2n) is 5.76. The van der Waals surface area contributed by atoms with Crippen LogP contribution in [0.1, 0.15) is 29.0 Å². The van der Waals surface area contributed by atoms with Crippen molar-refractivity contribution in [2.24, 2.45) is 5.92 Å². The summed E-state index contributed by atoms with van der Waals surface area (Å²) >= 11 is 0. The maximum absolute atomic E-state index is 12.3. The first-order chi connectivity index (χ1) is 11.5. The van der Waals surface area contributed by atoms with Crippen LogP contribution in [0.4, 0.5) is 0 Å². The highest BCUT2D eigenvalue weighted by Crippen LogP contribution is 2.32. The standard InChI is InChI=1S/C16H18N4O4/c1-9-13(15(21)17-14(16(22)23)10-3-4-10)18-19-20(9)11-5-7-12(24-2)8-6-11/h5-8,10,14H,3-4H2,1-2H3,(H,17,21)(H,22,23). The summed E-state index contributed by atoms with van der Waals surface area (Å²) in [5.41, 5.74) is 1.40. The summed E-state index contributed by atoms with van der Waals surface area (Å²) in [6.07, 6.45) is 1.63. The second kappa shape index (κ2) is 6.31. The van der Waals surface area contributed by atoms with Crippen LogP contribution in [-0.4, -0.2) is 45.1 Å². The third-order valence-corrected chi connectivity index (χ3v) is 4.07. The van der Waals surface area contributed by atoms with Gasteiger partial charge in [0.1, 0.15) is 11.8 Å². The van der Waals surface area contributed by atoms with Gasteiger partial charge in [-0.3, -0.25) is 4.79 Å². The van der Waals surface area contributed by atoms with E-state index in [2.05, 4.69) is 15.6 Å². The predicted molar refractivity (Wildman–Crippen MR) is 84.3 cm³/mol. The van der Waals surface area contributed by atoms with E-state index in [0.717, 1.165) is 18.5 Å². The van der Waals surface area contributed by atoms with Gasteiger partial charge < -0.3 is 15.2 Å². The van der Waals surface area contributed by atoms with Crippen LogP contribution in [-0.2, 0) is 4.79 Å². The number of hydrogen-bond acceptors (Lipinski definition) is 5. The van der Waals surface area contributed by atoms with E-state index in [1.165, 1.54) is 4.68 Å². The summed E-state index contributed by atoms with van der Waals surface area (Å²) in [5.74, 6) is -0.829. The van der Waals surface area contributed by atoms with E-state index in [-0.39, 0.29) is 11.6 Å². The molecular weight excluding hydrogens is 312 g/mol. The molecule has 8 heteroatoms.